The number of halogens is 1. The largest absolute Gasteiger partial charge is 0.323 e. The molecule has 0 aliphatic rings. The molecule has 0 saturated heterocycles. The van der Waals surface area contributed by atoms with Crippen LogP contribution in [-0.2, 0) is 6.54 Å². The topological polar surface area (TPSA) is 48.0 Å². The molecule has 0 radical (unpaired) electrons. The minimum Gasteiger partial charge on any atom is -0.323 e. The summed E-state index contributed by atoms with van der Waals surface area (Å²) in [4.78, 5) is 12.9. The molecule has 4 heteroatoms. The maximum absolute atomic E-state index is 12.9. The van der Waals surface area contributed by atoms with E-state index in [9.17, 15) is 4.79 Å². The van der Waals surface area contributed by atoms with Crippen molar-refractivity contribution in [2.75, 3.05) is 0 Å². The molecule has 22 heavy (non-hydrogen) atoms. The predicted octanol–water partition coefficient (Wildman–Crippen LogP) is 3.72. The first-order valence-corrected chi connectivity index (χ1v) is 7.57. The molecule has 112 valence electrons. The fraction of sp³-hybridized carbons (Fsp3) is 0.167. The summed E-state index contributed by atoms with van der Waals surface area (Å²) >= 11 is 6.22. The summed E-state index contributed by atoms with van der Waals surface area (Å²) in [5, 5.41) is 1.85. The van der Waals surface area contributed by atoms with Gasteiger partial charge in [0.2, 0.25) is 0 Å². The van der Waals surface area contributed by atoms with Crippen molar-refractivity contribution in [3.63, 3.8) is 0 Å². The Hall–Kier alpha value is -2.10. The van der Waals surface area contributed by atoms with Crippen molar-refractivity contribution in [2.45, 2.75) is 19.5 Å². The first kappa shape index (κ1) is 14.8. The van der Waals surface area contributed by atoms with Crippen molar-refractivity contribution in [2.24, 2.45) is 5.73 Å². The Labute approximate surface area is 133 Å². The van der Waals surface area contributed by atoms with Crippen LogP contribution in [0.15, 0.2) is 59.4 Å². The molecule has 1 aromatic heterocycles. The third kappa shape index (κ3) is 2.65. The van der Waals surface area contributed by atoms with Gasteiger partial charge in [-0.05, 0) is 30.0 Å². The number of hydrogen-bond donors (Lipinski definition) is 1. The number of pyridine rings is 1. The van der Waals surface area contributed by atoms with Gasteiger partial charge in [0.25, 0.3) is 5.56 Å². The van der Waals surface area contributed by atoms with Gasteiger partial charge in [-0.2, -0.15) is 0 Å². The molecule has 1 heterocycles. The maximum atomic E-state index is 12.9. The standard InChI is InChI=1S/C18H17ClN2O/c1-12(20)16-10-14-8-5-9-15(19)17(14)18(22)21(16)11-13-6-3-2-4-7-13/h2-10,12H,11,20H2,1H3. The lowest BCUT2D eigenvalue weighted by Crippen LogP contribution is -2.27. The smallest absolute Gasteiger partial charge is 0.260 e. The molecule has 0 aliphatic heterocycles. The second kappa shape index (κ2) is 5.95. The second-order valence-corrected chi connectivity index (χ2v) is 5.85. The van der Waals surface area contributed by atoms with Gasteiger partial charge in [-0.1, -0.05) is 54.1 Å². The molecular formula is C18H17ClN2O. The average Bonchev–Trinajstić information content (AvgIpc) is 2.50. The summed E-state index contributed by atoms with van der Waals surface area (Å²) in [6.45, 7) is 2.37. The molecule has 1 unspecified atom stereocenters. The van der Waals surface area contributed by atoms with E-state index in [0.717, 1.165) is 16.6 Å². The van der Waals surface area contributed by atoms with Crippen LogP contribution in [0.2, 0.25) is 5.02 Å². The van der Waals surface area contributed by atoms with Crippen LogP contribution in [0, 0.1) is 0 Å². The van der Waals surface area contributed by atoms with E-state index in [1.54, 1.807) is 10.6 Å². The first-order valence-electron chi connectivity index (χ1n) is 7.19. The molecule has 1 atom stereocenters. The summed E-state index contributed by atoms with van der Waals surface area (Å²) in [5.74, 6) is 0. The Bertz CT molecular complexity index is 869. The quantitative estimate of drug-likeness (QED) is 0.801. The zero-order chi connectivity index (χ0) is 15.7. The van der Waals surface area contributed by atoms with Crippen LogP contribution >= 0.6 is 11.6 Å². The number of aromatic nitrogens is 1. The van der Waals surface area contributed by atoms with Crippen LogP contribution in [-0.4, -0.2) is 4.57 Å². The van der Waals surface area contributed by atoms with Crippen molar-refractivity contribution in [1.82, 2.24) is 4.57 Å². The van der Waals surface area contributed by atoms with Gasteiger partial charge >= 0.3 is 0 Å². The van der Waals surface area contributed by atoms with E-state index >= 15 is 0 Å². The Morgan fingerprint density at radius 3 is 2.55 bits per heavy atom. The number of nitrogens with two attached hydrogens (primary N) is 1. The van der Waals surface area contributed by atoms with Crippen molar-refractivity contribution >= 4 is 22.4 Å². The highest BCUT2D eigenvalue weighted by Gasteiger charge is 2.14. The molecule has 3 nitrogen and oxygen atoms in total. The lowest BCUT2D eigenvalue weighted by atomic mass is 10.1. The van der Waals surface area contributed by atoms with E-state index in [4.69, 9.17) is 17.3 Å². The Balaban J connectivity index is 2.27. The highest BCUT2D eigenvalue weighted by Crippen LogP contribution is 2.23. The molecule has 2 N–H and O–H groups in total. The van der Waals surface area contributed by atoms with Crippen molar-refractivity contribution in [3.8, 4) is 0 Å². The Kier molecular flexibility index (Phi) is 4.01. The number of hydrogen-bond acceptors (Lipinski definition) is 2. The highest BCUT2D eigenvalue weighted by atomic mass is 35.5. The predicted molar refractivity (Wildman–Crippen MR) is 91.4 cm³/mol. The molecule has 0 bridgehead atoms. The molecule has 3 rings (SSSR count). The number of benzene rings is 2. The van der Waals surface area contributed by atoms with Gasteiger partial charge in [0.05, 0.1) is 17.0 Å². The summed E-state index contributed by atoms with van der Waals surface area (Å²) in [5.41, 5.74) is 7.84. The average molecular weight is 313 g/mol. The van der Waals surface area contributed by atoms with Gasteiger partial charge in [-0.3, -0.25) is 4.79 Å². The lowest BCUT2D eigenvalue weighted by Gasteiger charge is -2.17. The lowest BCUT2D eigenvalue weighted by molar-refractivity contribution is 0.650. The third-order valence-corrected chi connectivity index (χ3v) is 4.08. The molecule has 2 aromatic carbocycles. The van der Waals surface area contributed by atoms with E-state index < -0.39 is 0 Å². The van der Waals surface area contributed by atoms with Crippen molar-refractivity contribution in [3.05, 3.63) is 81.2 Å². The van der Waals surface area contributed by atoms with Gasteiger partial charge in [-0.15, -0.1) is 0 Å². The molecule has 3 aromatic rings. The fourth-order valence-corrected chi connectivity index (χ4v) is 2.95. The fourth-order valence-electron chi connectivity index (χ4n) is 2.68. The van der Waals surface area contributed by atoms with Gasteiger partial charge in [-0.25, -0.2) is 0 Å². The maximum Gasteiger partial charge on any atom is 0.260 e. The number of fused-ring (bicyclic) bond motifs is 1. The van der Waals surface area contributed by atoms with Gasteiger partial charge < -0.3 is 10.3 Å². The molecule has 0 aliphatic carbocycles. The van der Waals surface area contributed by atoms with E-state index in [-0.39, 0.29) is 11.6 Å². The third-order valence-electron chi connectivity index (χ3n) is 3.77. The normalized spacial score (nSPS) is 12.5. The Morgan fingerprint density at radius 2 is 1.86 bits per heavy atom. The highest BCUT2D eigenvalue weighted by molar-refractivity contribution is 6.35. The van der Waals surface area contributed by atoms with E-state index in [1.165, 1.54) is 0 Å². The molecule has 0 amide bonds. The monoisotopic (exact) mass is 312 g/mol. The molecule has 0 saturated carbocycles. The summed E-state index contributed by atoms with van der Waals surface area (Å²) < 4.78 is 1.72. The van der Waals surface area contributed by atoms with Crippen LogP contribution in [0.3, 0.4) is 0 Å². The zero-order valence-corrected chi connectivity index (χ0v) is 13.0. The number of rotatable bonds is 3. The zero-order valence-electron chi connectivity index (χ0n) is 12.3. The van der Waals surface area contributed by atoms with Crippen LogP contribution < -0.4 is 11.3 Å². The second-order valence-electron chi connectivity index (χ2n) is 5.44. The van der Waals surface area contributed by atoms with E-state index in [2.05, 4.69) is 0 Å². The van der Waals surface area contributed by atoms with Crippen molar-refractivity contribution in [1.29, 1.82) is 0 Å². The van der Waals surface area contributed by atoms with E-state index in [1.807, 2.05) is 55.5 Å². The van der Waals surface area contributed by atoms with Gasteiger partial charge in [0.15, 0.2) is 0 Å². The Morgan fingerprint density at radius 1 is 1.14 bits per heavy atom. The summed E-state index contributed by atoms with van der Waals surface area (Å²) in [7, 11) is 0. The summed E-state index contributed by atoms with van der Waals surface area (Å²) in [6.07, 6.45) is 0. The van der Waals surface area contributed by atoms with Gasteiger partial charge in [0.1, 0.15) is 0 Å². The minimum atomic E-state index is -0.236. The number of nitrogens with zero attached hydrogens (tertiary/aromatic N) is 1. The van der Waals surface area contributed by atoms with Crippen LogP contribution in [0.4, 0.5) is 0 Å². The molecule has 0 spiro atoms. The van der Waals surface area contributed by atoms with Crippen LogP contribution in [0.5, 0.6) is 0 Å². The molecular weight excluding hydrogens is 296 g/mol. The minimum absolute atomic E-state index is 0.0979. The van der Waals surface area contributed by atoms with Gasteiger partial charge in [0, 0.05) is 11.7 Å². The first-order chi connectivity index (χ1) is 10.6. The van der Waals surface area contributed by atoms with Crippen molar-refractivity contribution < 1.29 is 0 Å². The van der Waals surface area contributed by atoms with Crippen LogP contribution in [0.25, 0.3) is 10.8 Å². The van der Waals surface area contributed by atoms with Crippen LogP contribution in [0.1, 0.15) is 24.2 Å². The van der Waals surface area contributed by atoms with E-state index in [0.29, 0.717) is 17.0 Å². The summed E-state index contributed by atoms with van der Waals surface area (Å²) in [6, 6.07) is 17.1. The SMILES string of the molecule is CC(N)c1cc2cccc(Cl)c2c(=O)n1Cc1ccccc1. The molecule has 0 fully saturated rings.